The highest BCUT2D eigenvalue weighted by atomic mass is 19.1. The van der Waals surface area contributed by atoms with Gasteiger partial charge >= 0.3 is 0 Å². The first-order valence-corrected chi connectivity index (χ1v) is 6.95. The van der Waals surface area contributed by atoms with E-state index in [4.69, 9.17) is 5.73 Å². The number of halogens is 1. The third-order valence-electron chi connectivity index (χ3n) is 2.84. The van der Waals surface area contributed by atoms with Crippen molar-refractivity contribution in [3.8, 4) is 11.8 Å². The molecule has 0 saturated carbocycles. The molecule has 1 amide bonds. The molecule has 1 rings (SSSR count). The minimum atomic E-state index is -0.449. The Morgan fingerprint density at radius 3 is 2.80 bits per heavy atom. The molecule has 0 bridgehead atoms. The first kappa shape index (κ1) is 16.2. The summed E-state index contributed by atoms with van der Waals surface area (Å²) in [5, 5.41) is 2.69. The minimum absolute atomic E-state index is 0.0821. The molecule has 0 aliphatic heterocycles. The maximum absolute atomic E-state index is 13.7. The number of amides is 1. The van der Waals surface area contributed by atoms with Crippen LogP contribution in [0.25, 0.3) is 0 Å². The van der Waals surface area contributed by atoms with E-state index in [-0.39, 0.29) is 18.0 Å². The fourth-order valence-electron chi connectivity index (χ4n) is 1.78. The van der Waals surface area contributed by atoms with Gasteiger partial charge in [-0.3, -0.25) is 4.79 Å². The van der Waals surface area contributed by atoms with E-state index in [0.717, 1.165) is 25.7 Å². The molecule has 20 heavy (non-hydrogen) atoms. The number of carbonyl (C=O) groups is 1. The van der Waals surface area contributed by atoms with E-state index >= 15 is 0 Å². The Labute approximate surface area is 119 Å². The first-order chi connectivity index (χ1) is 9.67. The molecule has 0 heterocycles. The lowest BCUT2D eigenvalue weighted by Gasteiger charge is -2.06. The van der Waals surface area contributed by atoms with Crippen molar-refractivity contribution in [1.29, 1.82) is 0 Å². The molecule has 0 radical (unpaired) electrons. The number of nitrogens with two attached hydrogens (primary N) is 1. The fourth-order valence-corrected chi connectivity index (χ4v) is 1.78. The molecule has 4 heteroatoms. The summed E-state index contributed by atoms with van der Waals surface area (Å²) >= 11 is 0. The lowest BCUT2D eigenvalue weighted by molar-refractivity contribution is -0.116. The van der Waals surface area contributed by atoms with Crippen LogP contribution in [0.15, 0.2) is 18.2 Å². The zero-order valence-electron chi connectivity index (χ0n) is 11.8. The summed E-state index contributed by atoms with van der Waals surface area (Å²) in [6, 6.07) is 4.47. The number of benzene rings is 1. The van der Waals surface area contributed by atoms with Gasteiger partial charge < -0.3 is 11.1 Å². The highest BCUT2D eigenvalue weighted by molar-refractivity contribution is 5.90. The second-order valence-corrected chi connectivity index (χ2v) is 4.56. The maximum Gasteiger partial charge on any atom is 0.224 e. The molecule has 0 atom stereocenters. The molecule has 3 nitrogen and oxygen atoms in total. The number of hydrogen-bond donors (Lipinski definition) is 2. The highest BCUT2D eigenvalue weighted by Crippen LogP contribution is 2.14. The van der Waals surface area contributed by atoms with Crippen molar-refractivity contribution in [2.75, 3.05) is 11.9 Å². The monoisotopic (exact) mass is 276 g/mol. The van der Waals surface area contributed by atoms with Crippen LogP contribution in [0.3, 0.4) is 0 Å². The van der Waals surface area contributed by atoms with Crippen LogP contribution in [-0.2, 0) is 4.79 Å². The molecule has 0 unspecified atom stereocenters. The van der Waals surface area contributed by atoms with Crippen molar-refractivity contribution in [1.82, 2.24) is 0 Å². The average Bonchev–Trinajstić information content (AvgIpc) is 2.43. The Morgan fingerprint density at radius 2 is 2.15 bits per heavy atom. The number of unbranched alkanes of at least 4 members (excludes halogenated alkanes) is 3. The van der Waals surface area contributed by atoms with E-state index in [1.54, 1.807) is 12.1 Å². The van der Waals surface area contributed by atoms with Crippen molar-refractivity contribution in [2.24, 2.45) is 5.73 Å². The van der Waals surface area contributed by atoms with Gasteiger partial charge in [0, 0.05) is 12.1 Å². The van der Waals surface area contributed by atoms with Crippen molar-refractivity contribution in [3.05, 3.63) is 29.6 Å². The molecular formula is C16H21FN2O. The zero-order chi connectivity index (χ0) is 14.8. The zero-order valence-corrected chi connectivity index (χ0v) is 11.8. The van der Waals surface area contributed by atoms with Gasteiger partial charge in [-0.1, -0.05) is 38.0 Å². The standard InChI is InChI=1S/C16H21FN2O/c1-2-3-4-5-8-16(20)19-14-10-9-13(7-6-11-18)15(17)12-14/h9-10,12H,2-5,8,11,18H2,1H3,(H,19,20). The summed E-state index contributed by atoms with van der Waals surface area (Å²) in [5.41, 5.74) is 5.98. The van der Waals surface area contributed by atoms with Crippen LogP contribution in [-0.4, -0.2) is 12.5 Å². The summed E-state index contributed by atoms with van der Waals surface area (Å²) in [6.07, 6.45) is 4.65. The Balaban J connectivity index is 2.52. The van der Waals surface area contributed by atoms with Gasteiger partial charge in [0.25, 0.3) is 0 Å². The second kappa shape index (κ2) is 9.11. The number of hydrogen-bond acceptors (Lipinski definition) is 2. The topological polar surface area (TPSA) is 55.1 Å². The number of rotatable bonds is 6. The predicted octanol–water partition coefficient (Wildman–Crippen LogP) is 3.04. The molecule has 0 saturated heterocycles. The van der Waals surface area contributed by atoms with Crippen LogP contribution in [0.2, 0.25) is 0 Å². The lowest BCUT2D eigenvalue weighted by Crippen LogP contribution is -2.11. The van der Waals surface area contributed by atoms with Gasteiger partial charge in [-0.15, -0.1) is 0 Å². The van der Waals surface area contributed by atoms with Gasteiger partial charge in [0.1, 0.15) is 5.82 Å². The molecule has 1 aromatic carbocycles. The molecule has 1 aromatic rings. The van der Waals surface area contributed by atoms with Gasteiger partial charge in [-0.2, -0.15) is 0 Å². The van der Waals surface area contributed by atoms with E-state index in [0.29, 0.717) is 12.1 Å². The van der Waals surface area contributed by atoms with E-state index < -0.39 is 5.82 Å². The Morgan fingerprint density at radius 1 is 1.35 bits per heavy atom. The minimum Gasteiger partial charge on any atom is -0.326 e. The molecule has 0 spiro atoms. The first-order valence-electron chi connectivity index (χ1n) is 6.95. The maximum atomic E-state index is 13.7. The van der Waals surface area contributed by atoms with Crippen LogP contribution in [0.5, 0.6) is 0 Å². The largest absolute Gasteiger partial charge is 0.326 e. The third kappa shape index (κ3) is 5.85. The fraction of sp³-hybridized carbons (Fsp3) is 0.438. The molecule has 0 aliphatic carbocycles. The second-order valence-electron chi connectivity index (χ2n) is 4.56. The van der Waals surface area contributed by atoms with Gasteiger partial charge in [0.2, 0.25) is 5.91 Å². The SMILES string of the molecule is CCCCCCC(=O)Nc1ccc(C#CCN)c(F)c1. The van der Waals surface area contributed by atoms with Crippen LogP contribution in [0, 0.1) is 17.7 Å². The Hall–Kier alpha value is -1.86. The summed E-state index contributed by atoms with van der Waals surface area (Å²) in [6.45, 7) is 2.31. The van der Waals surface area contributed by atoms with Gasteiger partial charge in [-0.05, 0) is 24.6 Å². The van der Waals surface area contributed by atoms with Gasteiger partial charge in [0.15, 0.2) is 0 Å². The van der Waals surface area contributed by atoms with Crippen molar-refractivity contribution in [2.45, 2.75) is 39.0 Å². The number of anilines is 1. The van der Waals surface area contributed by atoms with Gasteiger partial charge in [-0.25, -0.2) is 4.39 Å². The van der Waals surface area contributed by atoms with Crippen LogP contribution in [0.4, 0.5) is 10.1 Å². The molecular weight excluding hydrogens is 255 g/mol. The van der Waals surface area contributed by atoms with E-state index in [1.165, 1.54) is 6.07 Å². The quantitative estimate of drug-likeness (QED) is 0.620. The van der Waals surface area contributed by atoms with E-state index in [2.05, 4.69) is 24.1 Å². The third-order valence-corrected chi connectivity index (χ3v) is 2.84. The average molecular weight is 276 g/mol. The lowest BCUT2D eigenvalue weighted by atomic mass is 10.1. The van der Waals surface area contributed by atoms with Crippen LogP contribution >= 0.6 is 0 Å². The Kier molecular flexibility index (Phi) is 7.38. The van der Waals surface area contributed by atoms with Crippen LogP contribution < -0.4 is 11.1 Å². The van der Waals surface area contributed by atoms with E-state index in [1.807, 2.05) is 0 Å². The van der Waals surface area contributed by atoms with Gasteiger partial charge in [0.05, 0.1) is 12.1 Å². The Bertz CT molecular complexity index is 503. The summed E-state index contributed by atoms with van der Waals surface area (Å²) < 4.78 is 13.7. The molecule has 3 N–H and O–H groups in total. The van der Waals surface area contributed by atoms with Crippen molar-refractivity contribution in [3.63, 3.8) is 0 Å². The summed E-state index contributed by atoms with van der Waals surface area (Å²) in [7, 11) is 0. The summed E-state index contributed by atoms with van der Waals surface area (Å²) in [5.74, 6) is 4.70. The van der Waals surface area contributed by atoms with Crippen LogP contribution in [0.1, 0.15) is 44.6 Å². The summed E-state index contributed by atoms with van der Waals surface area (Å²) in [4.78, 5) is 11.7. The number of nitrogens with one attached hydrogen (secondary N) is 1. The smallest absolute Gasteiger partial charge is 0.224 e. The van der Waals surface area contributed by atoms with Crippen molar-refractivity contribution >= 4 is 11.6 Å². The normalized spacial score (nSPS) is 9.75. The molecule has 0 fully saturated rings. The van der Waals surface area contributed by atoms with E-state index in [9.17, 15) is 9.18 Å². The molecule has 108 valence electrons. The van der Waals surface area contributed by atoms with Crippen molar-refractivity contribution < 1.29 is 9.18 Å². The number of carbonyl (C=O) groups excluding carboxylic acids is 1. The highest BCUT2D eigenvalue weighted by Gasteiger charge is 2.05. The molecule has 0 aromatic heterocycles. The predicted molar refractivity (Wildman–Crippen MR) is 79.7 cm³/mol. The molecule has 0 aliphatic rings.